The lowest BCUT2D eigenvalue weighted by Crippen LogP contribution is -2.66. The summed E-state index contributed by atoms with van der Waals surface area (Å²) in [5.41, 5.74) is 21.1. The number of carboxylic acids is 3. The highest BCUT2D eigenvalue weighted by Crippen LogP contribution is 2.24. The zero-order valence-electron chi connectivity index (χ0n) is 57.2. The normalized spacial score (nSPS) is 17.1. The number of carboxylic acid groups (broad SMARTS) is 3. The molecule has 0 spiro atoms. The number of hydrogen-bond donors (Lipinski definition) is 15. The first-order chi connectivity index (χ1) is 48.2. The van der Waals surface area contributed by atoms with Gasteiger partial charge in [-0.3, -0.25) is 71.9 Å². The van der Waals surface area contributed by atoms with Crippen molar-refractivity contribution in [1.29, 1.82) is 0 Å². The molecule has 2 aliphatic heterocycles. The number of aldehydes is 1. The predicted molar refractivity (Wildman–Crippen MR) is 360 cm³/mol. The molecule has 0 saturated carbocycles. The summed E-state index contributed by atoms with van der Waals surface area (Å²) in [6, 6.07) is 3.29. The Bertz CT molecular complexity index is 3540. The Balaban J connectivity index is 1.42. The smallest absolute Gasteiger partial charge is 0.308 e. The van der Waals surface area contributed by atoms with Crippen molar-refractivity contribution >= 4 is 95.1 Å². The van der Waals surface area contributed by atoms with Gasteiger partial charge < -0.3 is 95.0 Å². The number of aliphatic carboxylic acids is 3. The van der Waals surface area contributed by atoms with Crippen molar-refractivity contribution in [1.82, 2.24) is 57.7 Å². The fourth-order valence-electron chi connectivity index (χ4n) is 11.5. The molecule has 2 saturated heterocycles. The molecule has 2 fully saturated rings. The number of nitrogens with one attached hydrogen (secondary N) is 9. The molecule has 5 rings (SSSR count). The zero-order chi connectivity index (χ0) is 75.7. The Morgan fingerprint density at radius 1 is 0.529 bits per heavy atom. The van der Waals surface area contributed by atoms with Gasteiger partial charge in [-0.05, 0) is 131 Å². The molecule has 0 radical (unpaired) electrons. The van der Waals surface area contributed by atoms with Crippen LogP contribution in [0.1, 0.15) is 119 Å². The second-order valence-electron chi connectivity index (χ2n) is 25.6. The van der Waals surface area contributed by atoms with Crippen LogP contribution >= 0.6 is 0 Å². The Kier molecular flexibility index (Phi) is 31.5. The molecule has 2 heterocycles. The van der Waals surface area contributed by atoms with Gasteiger partial charge in [0.1, 0.15) is 60.4 Å². The van der Waals surface area contributed by atoms with Crippen molar-refractivity contribution in [2.45, 2.75) is 178 Å². The summed E-state index contributed by atoms with van der Waals surface area (Å²) in [5, 5.41) is 50.0. The predicted octanol–water partition coefficient (Wildman–Crippen LogP) is -2.90. The fraction of sp³-hybridized carbons (Fsp3) is 0.500. The minimum atomic E-state index is -2.15. The number of likely N-dealkylation sites (tertiary alicyclic amines) is 2. The molecule has 34 heteroatoms. The first-order valence-corrected chi connectivity index (χ1v) is 33.3. The summed E-state index contributed by atoms with van der Waals surface area (Å²) in [7, 11) is 0. The minimum absolute atomic E-state index is 0.00383. The lowest BCUT2D eigenvalue weighted by Gasteiger charge is -2.39. The monoisotopic (exact) mass is 1430 g/mol. The Morgan fingerprint density at radius 3 is 1.51 bits per heavy atom. The van der Waals surface area contributed by atoms with E-state index in [4.69, 9.17) is 22.3 Å². The highest BCUT2D eigenvalue weighted by molar-refractivity contribution is 6.02. The fourth-order valence-corrected chi connectivity index (χ4v) is 11.5. The van der Waals surface area contributed by atoms with E-state index < -0.39 is 199 Å². The average Bonchev–Trinajstić information content (AvgIpc) is 1.41. The van der Waals surface area contributed by atoms with E-state index >= 15 is 4.79 Å². The highest BCUT2D eigenvalue weighted by Gasteiger charge is 2.45. The molecule has 33 nitrogen and oxygen atoms in total. The molecule has 3 aromatic carbocycles. The average molecular weight is 1430 g/mol. The number of nitrogens with two attached hydrogens (primary N) is 3. The van der Waals surface area contributed by atoms with Crippen LogP contribution in [0.3, 0.4) is 0 Å². The Labute approximate surface area is 586 Å². The van der Waals surface area contributed by atoms with Crippen LogP contribution in [0, 0.1) is 17.7 Å². The lowest BCUT2D eigenvalue weighted by molar-refractivity contribution is -0.149. The molecule has 102 heavy (non-hydrogen) atoms. The number of benzene rings is 3. The van der Waals surface area contributed by atoms with Crippen molar-refractivity contribution in [3.8, 4) is 0 Å². The quantitative estimate of drug-likeness (QED) is 0.0256. The summed E-state index contributed by atoms with van der Waals surface area (Å²) < 4.78 is 13.4. The van der Waals surface area contributed by atoms with Crippen molar-refractivity contribution in [2.75, 3.05) is 26.2 Å². The van der Waals surface area contributed by atoms with Crippen molar-refractivity contribution in [3.63, 3.8) is 0 Å². The van der Waals surface area contributed by atoms with Gasteiger partial charge in [-0.15, -0.1) is 0 Å². The van der Waals surface area contributed by atoms with E-state index in [0.29, 0.717) is 12.8 Å². The Hall–Kier alpha value is -10.8. The van der Waals surface area contributed by atoms with Gasteiger partial charge in [0.05, 0.1) is 50.4 Å². The molecule has 12 atom stereocenters. The number of piperidine rings is 1. The van der Waals surface area contributed by atoms with Crippen LogP contribution in [0.2, 0.25) is 0 Å². The van der Waals surface area contributed by atoms with Crippen molar-refractivity contribution in [3.05, 3.63) is 106 Å². The van der Waals surface area contributed by atoms with E-state index in [2.05, 4.69) is 37.2 Å². The molecule has 4 unspecified atom stereocenters. The van der Waals surface area contributed by atoms with Crippen LogP contribution in [-0.4, -0.2) is 213 Å². The van der Waals surface area contributed by atoms with Gasteiger partial charge in [0, 0.05) is 24.7 Å². The van der Waals surface area contributed by atoms with Gasteiger partial charge in [-0.25, -0.2) is 4.39 Å². The molecule has 12 amide bonds. The maximum absolute atomic E-state index is 15.4. The number of primary amides is 1. The number of halogens is 1. The summed E-state index contributed by atoms with van der Waals surface area (Å²) in [4.78, 5) is 215. The van der Waals surface area contributed by atoms with Gasteiger partial charge in [0.25, 0.3) is 5.91 Å². The third-order valence-corrected chi connectivity index (χ3v) is 17.3. The van der Waals surface area contributed by atoms with Gasteiger partial charge >= 0.3 is 17.9 Å². The number of carbonyl (C=O) groups excluding carboxylic acids is 13. The molecule has 2 aliphatic rings. The number of nitrogens with zero attached hydrogens (tertiary/aromatic N) is 2. The molecular formula is C68H91FN14O19. The molecular weight excluding hydrogens is 1340 g/mol. The molecule has 0 aliphatic carbocycles. The van der Waals surface area contributed by atoms with Crippen LogP contribution < -0.4 is 65.1 Å². The maximum atomic E-state index is 15.4. The standard InChI is InChI=1S/C68H91FN14O19/c1-35(2)55(79-65(98)57(37(4)71)78-51(86)32-70)66(99)83-28-8-10-49(83)62(95)74-38(5)58(81-61(94)46(30-50(72)85)76-59(92)43-23-19-41(20-24-43)17-15-39-11-13-40(14-12-39)16-18-42-21-25-44(69)26-22-42)67(100)82-27-7-6-9-48(82)63(96)80-56(36(3)68(101)102)64(97)77-47(31-54(90)91)60(93)73-33-52(87)75-45(34-84)29-53(88)89/h11-14,19-26,34-38,45-49,55-58H,6-10,15-18,27-33,70-71H2,1-5H3,(H2,72,85)(H,73,93)(H,74,95)(H,75,87)(H,76,92)(H,77,97)(H,78,86)(H,79,98)(H,80,96)(H,81,94)(H,88,89)(H,90,91)(H,101,102)/t36?,37?,38-,45?,46+,47+,48-,49+,55+,56+,57-,58?/m1/s1. The van der Waals surface area contributed by atoms with Crippen LogP contribution in [0.5, 0.6) is 0 Å². The third-order valence-electron chi connectivity index (χ3n) is 17.3. The number of hydrogen-bond acceptors (Lipinski definition) is 18. The topological polar surface area (TPSA) is 527 Å². The Morgan fingerprint density at radius 2 is 1.01 bits per heavy atom. The van der Waals surface area contributed by atoms with E-state index in [1.165, 1.54) is 43.0 Å². The van der Waals surface area contributed by atoms with Crippen LogP contribution in [0.25, 0.3) is 0 Å². The van der Waals surface area contributed by atoms with Gasteiger partial charge in [0.2, 0.25) is 65.0 Å². The largest absolute Gasteiger partial charge is 0.481 e. The molecule has 18 N–H and O–H groups in total. The molecule has 0 aromatic heterocycles. The van der Waals surface area contributed by atoms with Gasteiger partial charge in [0.15, 0.2) is 0 Å². The van der Waals surface area contributed by atoms with E-state index in [0.717, 1.165) is 46.9 Å². The number of aryl methyl sites for hydroxylation is 4. The van der Waals surface area contributed by atoms with Crippen molar-refractivity contribution in [2.24, 2.45) is 29.0 Å². The molecule has 3 aromatic rings. The number of rotatable bonds is 38. The van der Waals surface area contributed by atoms with Crippen LogP contribution in [-0.2, 0) is 97.6 Å². The second kappa shape index (κ2) is 39.3. The molecule has 554 valence electrons. The van der Waals surface area contributed by atoms with E-state index in [1.54, 1.807) is 38.1 Å². The zero-order valence-corrected chi connectivity index (χ0v) is 57.2. The van der Waals surface area contributed by atoms with Gasteiger partial charge in [-0.2, -0.15) is 0 Å². The molecule has 0 bridgehead atoms. The summed E-state index contributed by atoms with van der Waals surface area (Å²) in [6.07, 6.45) is 0.466. The van der Waals surface area contributed by atoms with Crippen LogP contribution in [0.15, 0.2) is 72.8 Å². The van der Waals surface area contributed by atoms with Crippen molar-refractivity contribution < 1.29 is 96.4 Å². The highest BCUT2D eigenvalue weighted by atomic mass is 19.1. The SMILES string of the molecule is CC(C)[C@H](NC(=O)[C@H](NC(=O)CN)C(C)N)C(=O)N1CCC[C@H]1C(=O)N[C@H](C)C(NC(=O)[C@H](CC(N)=O)NC(=O)c1ccc(CCc2ccc(CCc3ccc(F)cc3)cc2)cc1)C(=O)N1CCCC[C@@H]1C(=O)N[C@H](C(=O)N[C@@H](CC(=O)O)C(=O)NCC(=O)NC(C=O)CC(=O)O)C(C)C(=O)O. The second-order valence-corrected chi connectivity index (χ2v) is 25.6. The lowest BCUT2D eigenvalue weighted by atomic mass is 9.96. The minimum Gasteiger partial charge on any atom is -0.481 e. The van der Waals surface area contributed by atoms with E-state index in [-0.39, 0.29) is 62.9 Å². The van der Waals surface area contributed by atoms with E-state index in [9.17, 15) is 86.5 Å². The summed E-state index contributed by atoms with van der Waals surface area (Å²) in [5.74, 6) is -20.0. The first-order valence-electron chi connectivity index (χ1n) is 33.3. The third kappa shape index (κ3) is 24.8. The maximum Gasteiger partial charge on any atom is 0.308 e. The first kappa shape index (κ1) is 81.9. The summed E-state index contributed by atoms with van der Waals surface area (Å²) in [6.45, 7) is 5.22. The number of amides is 12. The van der Waals surface area contributed by atoms with Gasteiger partial charge in [-0.1, -0.05) is 62.4 Å². The number of carbonyl (C=O) groups is 16. The summed E-state index contributed by atoms with van der Waals surface area (Å²) >= 11 is 0. The van der Waals surface area contributed by atoms with Crippen LogP contribution in [0.4, 0.5) is 4.39 Å². The van der Waals surface area contributed by atoms with E-state index in [1.807, 2.05) is 34.9 Å².